The maximum absolute atomic E-state index is 13.3. The van der Waals surface area contributed by atoms with Crippen molar-refractivity contribution < 1.29 is 42.8 Å². The first kappa shape index (κ1) is 33.8. The lowest BCUT2D eigenvalue weighted by atomic mass is 10.0. The van der Waals surface area contributed by atoms with E-state index in [0.717, 1.165) is 12.8 Å². The second-order valence-corrected chi connectivity index (χ2v) is 10.9. The van der Waals surface area contributed by atoms with Crippen molar-refractivity contribution in [1.82, 2.24) is 10.3 Å². The number of pyridine rings is 1. The van der Waals surface area contributed by atoms with Crippen LogP contribution in [0.1, 0.15) is 69.4 Å². The first-order chi connectivity index (χ1) is 20.7. The van der Waals surface area contributed by atoms with Crippen LogP contribution in [0, 0.1) is 5.92 Å². The molecule has 1 aliphatic heterocycles. The molecule has 3 rings (SSSR count). The van der Waals surface area contributed by atoms with E-state index < -0.39 is 42.9 Å². The minimum Gasteiger partial charge on any atom is -0.493 e. The number of nitrogens with one attached hydrogen (secondary N) is 1. The van der Waals surface area contributed by atoms with E-state index in [0.29, 0.717) is 38.4 Å². The molecule has 1 fully saturated rings. The molecule has 43 heavy (non-hydrogen) atoms. The van der Waals surface area contributed by atoms with Crippen LogP contribution in [-0.4, -0.2) is 74.3 Å². The van der Waals surface area contributed by atoms with Gasteiger partial charge >= 0.3 is 11.9 Å². The molecule has 11 nitrogen and oxygen atoms in total. The number of aromatic nitrogens is 1. The van der Waals surface area contributed by atoms with Crippen molar-refractivity contribution in [3.05, 3.63) is 53.9 Å². The highest BCUT2D eigenvalue weighted by Gasteiger charge is 2.36. The standard InChI is InChI=1S/C32H44N2O9/c1-21(2)19-40-27-15-9-14-25(32(37)43-22(3)29(27)39-18-10-13-24-11-7-6-8-12-24)34-31(36)28-30(42-20-41-23(4)35)26(38-5)16-17-33-28/h6-8,11-12,16-17,21-22,25,27,29H,9-10,13-15,18-20H2,1-5H3,(H,34,36). The first-order valence-corrected chi connectivity index (χ1v) is 14.8. The van der Waals surface area contributed by atoms with Crippen molar-refractivity contribution in [3.63, 3.8) is 0 Å². The number of amides is 1. The van der Waals surface area contributed by atoms with E-state index in [4.69, 9.17) is 28.4 Å². The molecule has 2 heterocycles. The quantitative estimate of drug-likeness (QED) is 0.191. The van der Waals surface area contributed by atoms with Crippen molar-refractivity contribution in [2.24, 2.45) is 5.92 Å². The summed E-state index contributed by atoms with van der Waals surface area (Å²) in [5, 5.41) is 2.74. The number of aryl methyl sites for hydroxylation is 1. The van der Waals surface area contributed by atoms with Crippen LogP contribution in [0.3, 0.4) is 0 Å². The molecule has 11 heteroatoms. The predicted molar refractivity (Wildman–Crippen MR) is 158 cm³/mol. The molecule has 1 saturated heterocycles. The zero-order valence-electron chi connectivity index (χ0n) is 25.7. The van der Waals surface area contributed by atoms with Crippen molar-refractivity contribution in [2.45, 2.75) is 84.2 Å². The minimum atomic E-state index is -0.938. The fourth-order valence-electron chi connectivity index (χ4n) is 4.74. The van der Waals surface area contributed by atoms with Gasteiger partial charge in [-0.25, -0.2) is 9.78 Å². The first-order valence-electron chi connectivity index (χ1n) is 14.8. The van der Waals surface area contributed by atoms with Gasteiger partial charge < -0.3 is 33.7 Å². The molecule has 1 N–H and O–H groups in total. The molecule has 1 aromatic heterocycles. The molecule has 1 aliphatic rings. The van der Waals surface area contributed by atoms with E-state index in [-0.39, 0.29) is 23.3 Å². The fraction of sp³-hybridized carbons (Fsp3) is 0.562. The number of rotatable bonds is 14. The Morgan fingerprint density at radius 3 is 2.58 bits per heavy atom. The number of nitrogens with zero attached hydrogens (tertiary/aromatic N) is 1. The fourth-order valence-corrected chi connectivity index (χ4v) is 4.74. The molecule has 1 amide bonds. The molecule has 0 radical (unpaired) electrons. The molecule has 4 atom stereocenters. The highest BCUT2D eigenvalue weighted by atomic mass is 16.7. The van der Waals surface area contributed by atoms with E-state index in [2.05, 4.69) is 36.3 Å². The Labute approximate surface area is 253 Å². The van der Waals surface area contributed by atoms with Gasteiger partial charge in [-0.2, -0.15) is 0 Å². The van der Waals surface area contributed by atoms with E-state index in [1.165, 1.54) is 31.9 Å². The Morgan fingerprint density at radius 2 is 1.88 bits per heavy atom. The van der Waals surface area contributed by atoms with Crippen LogP contribution in [0.2, 0.25) is 0 Å². The number of carbonyl (C=O) groups is 3. The highest BCUT2D eigenvalue weighted by molar-refractivity contribution is 5.98. The summed E-state index contributed by atoms with van der Waals surface area (Å²) in [5.41, 5.74) is 1.11. The highest BCUT2D eigenvalue weighted by Crippen LogP contribution is 2.30. The van der Waals surface area contributed by atoms with Gasteiger partial charge in [0, 0.05) is 32.4 Å². The Morgan fingerprint density at radius 1 is 1.12 bits per heavy atom. The maximum Gasteiger partial charge on any atom is 0.329 e. The van der Waals surface area contributed by atoms with Gasteiger partial charge in [0.15, 0.2) is 17.2 Å². The number of hydrogen-bond acceptors (Lipinski definition) is 10. The SMILES string of the molecule is COc1ccnc(C(=O)NC2CCCC(OCC(C)C)C(OCCCc3ccccc3)C(C)OC2=O)c1OCOC(C)=O. The van der Waals surface area contributed by atoms with E-state index >= 15 is 0 Å². The van der Waals surface area contributed by atoms with Crippen LogP contribution in [0.5, 0.6) is 11.5 Å². The van der Waals surface area contributed by atoms with E-state index in [1.54, 1.807) is 6.92 Å². The van der Waals surface area contributed by atoms with Crippen LogP contribution >= 0.6 is 0 Å². The summed E-state index contributed by atoms with van der Waals surface area (Å²) in [6.07, 6.45) is 3.24. The Hall–Kier alpha value is -3.70. The van der Waals surface area contributed by atoms with Gasteiger partial charge in [0.2, 0.25) is 6.79 Å². The Bertz CT molecular complexity index is 1170. The van der Waals surface area contributed by atoms with Crippen LogP contribution in [-0.2, 0) is 35.0 Å². The number of cyclic esters (lactones) is 1. The summed E-state index contributed by atoms with van der Waals surface area (Å²) in [6, 6.07) is 10.8. The summed E-state index contributed by atoms with van der Waals surface area (Å²) in [4.78, 5) is 42.0. The number of carbonyl (C=O) groups excluding carboxylic acids is 3. The number of ether oxygens (including phenoxy) is 6. The van der Waals surface area contributed by atoms with Gasteiger partial charge in [-0.15, -0.1) is 0 Å². The monoisotopic (exact) mass is 600 g/mol. The van der Waals surface area contributed by atoms with Gasteiger partial charge in [0.05, 0.1) is 13.2 Å². The van der Waals surface area contributed by atoms with Crippen molar-refractivity contribution in [2.75, 3.05) is 27.1 Å². The Kier molecular flexibility index (Phi) is 13.7. The third-order valence-electron chi connectivity index (χ3n) is 6.88. The summed E-state index contributed by atoms with van der Waals surface area (Å²) in [5.74, 6) is -1.26. The molecule has 0 aliphatic carbocycles. The van der Waals surface area contributed by atoms with Crippen LogP contribution in [0.15, 0.2) is 42.6 Å². The topological polar surface area (TPSA) is 132 Å². The third kappa shape index (κ3) is 10.8. The summed E-state index contributed by atoms with van der Waals surface area (Å²) >= 11 is 0. The summed E-state index contributed by atoms with van der Waals surface area (Å²) < 4.78 is 34.1. The number of methoxy groups -OCH3 is 1. The molecular weight excluding hydrogens is 556 g/mol. The zero-order valence-corrected chi connectivity index (χ0v) is 25.7. The van der Waals surface area contributed by atoms with Gasteiger partial charge in [0.1, 0.15) is 18.2 Å². The number of hydrogen-bond donors (Lipinski definition) is 1. The number of esters is 2. The molecule has 0 bridgehead atoms. The number of benzene rings is 1. The predicted octanol–water partition coefficient (Wildman–Crippen LogP) is 4.26. The largest absolute Gasteiger partial charge is 0.493 e. The average Bonchev–Trinajstić information content (AvgIpc) is 3.03. The van der Waals surface area contributed by atoms with Gasteiger partial charge in [-0.05, 0) is 50.5 Å². The molecule has 0 spiro atoms. The maximum atomic E-state index is 13.3. The minimum absolute atomic E-state index is 0.0142. The smallest absolute Gasteiger partial charge is 0.329 e. The lowest BCUT2D eigenvalue weighted by molar-refractivity contribution is -0.168. The molecular formula is C32H44N2O9. The van der Waals surface area contributed by atoms with Crippen molar-refractivity contribution >= 4 is 17.8 Å². The molecule has 2 aromatic rings. The van der Waals surface area contributed by atoms with E-state index in [1.807, 2.05) is 18.2 Å². The van der Waals surface area contributed by atoms with E-state index in [9.17, 15) is 14.4 Å². The zero-order chi connectivity index (χ0) is 31.2. The lowest BCUT2D eigenvalue weighted by Crippen LogP contribution is -2.46. The lowest BCUT2D eigenvalue weighted by Gasteiger charge is -2.31. The average molecular weight is 601 g/mol. The second kappa shape index (κ2) is 17.4. The van der Waals surface area contributed by atoms with Gasteiger partial charge in [-0.3, -0.25) is 9.59 Å². The molecule has 0 saturated carbocycles. The van der Waals surface area contributed by atoms with Crippen LogP contribution in [0.25, 0.3) is 0 Å². The van der Waals surface area contributed by atoms with Gasteiger partial charge in [0.25, 0.3) is 5.91 Å². The van der Waals surface area contributed by atoms with Crippen LogP contribution in [0.4, 0.5) is 0 Å². The third-order valence-corrected chi connectivity index (χ3v) is 6.88. The summed E-state index contributed by atoms with van der Waals surface area (Å²) in [7, 11) is 1.41. The van der Waals surface area contributed by atoms with Crippen LogP contribution < -0.4 is 14.8 Å². The second-order valence-electron chi connectivity index (χ2n) is 10.9. The normalized spacial score (nSPS) is 20.7. The Balaban J connectivity index is 1.70. The van der Waals surface area contributed by atoms with Gasteiger partial charge in [-0.1, -0.05) is 44.2 Å². The summed E-state index contributed by atoms with van der Waals surface area (Å²) in [6.45, 7) is 7.78. The molecule has 236 valence electrons. The van der Waals surface area contributed by atoms with Crippen molar-refractivity contribution in [1.29, 1.82) is 0 Å². The van der Waals surface area contributed by atoms with Crippen molar-refractivity contribution in [3.8, 4) is 11.5 Å². The molecule has 1 aromatic carbocycles. The molecule has 4 unspecified atom stereocenters.